The van der Waals surface area contributed by atoms with Crippen molar-refractivity contribution in [2.75, 3.05) is 13.2 Å². The Kier molecular flexibility index (Phi) is 12.3. The van der Waals surface area contributed by atoms with Crippen molar-refractivity contribution >= 4 is 11.9 Å². The molecule has 0 saturated carbocycles. The molecule has 24 heavy (non-hydrogen) atoms. The molecule has 4 nitrogen and oxygen atoms in total. The molecule has 0 aromatic rings. The highest BCUT2D eigenvalue weighted by Gasteiger charge is 2.18. The van der Waals surface area contributed by atoms with Crippen LogP contribution in [0, 0.1) is 11.8 Å². The molecular formula is C20H36O4. The number of carbonyl (C=O) groups is 2. The first kappa shape index (κ1) is 22.7. The zero-order valence-electron chi connectivity index (χ0n) is 16.4. The third-order valence-electron chi connectivity index (χ3n) is 4.62. The van der Waals surface area contributed by atoms with E-state index in [1.807, 2.05) is 0 Å². The van der Waals surface area contributed by atoms with Crippen molar-refractivity contribution in [2.45, 2.75) is 80.1 Å². The van der Waals surface area contributed by atoms with Crippen LogP contribution in [0.3, 0.4) is 0 Å². The summed E-state index contributed by atoms with van der Waals surface area (Å²) < 4.78 is 10.7. The standard InChI is InChI=1S/C20H36O4/c1-7-11-17(9-3)13-23-19(21)15(5)16(6)20(22)24-14-18(10-4)12-8-2/h17-18H,7-14H2,1-6H3/b16-15-. The molecule has 0 amide bonds. The summed E-state index contributed by atoms with van der Waals surface area (Å²) in [4.78, 5) is 24.2. The van der Waals surface area contributed by atoms with Gasteiger partial charge in [-0.05, 0) is 38.5 Å². The maximum absolute atomic E-state index is 12.1. The molecule has 0 fully saturated rings. The molecular weight excluding hydrogens is 304 g/mol. The second-order valence-corrected chi connectivity index (χ2v) is 6.57. The monoisotopic (exact) mass is 340 g/mol. The molecule has 0 aliphatic heterocycles. The highest BCUT2D eigenvalue weighted by Crippen LogP contribution is 2.15. The molecule has 140 valence electrons. The lowest BCUT2D eigenvalue weighted by Crippen LogP contribution is -2.19. The van der Waals surface area contributed by atoms with Crippen molar-refractivity contribution in [3.05, 3.63) is 11.1 Å². The highest BCUT2D eigenvalue weighted by molar-refractivity contribution is 5.99. The van der Waals surface area contributed by atoms with Gasteiger partial charge < -0.3 is 9.47 Å². The van der Waals surface area contributed by atoms with E-state index in [9.17, 15) is 9.59 Å². The minimum absolute atomic E-state index is 0.342. The minimum Gasteiger partial charge on any atom is -0.462 e. The van der Waals surface area contributed by atoms with Crippen LogP contribution in [-0.2, 0) is 19.1 Å². The van der Waals surface area contributed by atoms with Gasteiger partial charge in [0.1, 0.15) is 0 Å². The molecule has 0 spiro atoms. The lowest BCUT2D eigenvalue weighted by Gasteiger charge is -2.16. The van der Waals surface area contributed by atoms with E-state index < -0.39 is 11.9 Å². The fourth-order valence-corrected chi connectivity index (χ4v) is 2.54. The van der Waals surface area contributed by atoms with E-state index in [2.05, 4.69) is 27.7 Å². The second-order valence-electron chi connectivity index (χ2n) is 6.57. The van der Waals surface area contributed by atoms with Gasteiger partial charge >= 0.3 is 11.9 Å². The van der Waals surface area contributed by atoms with E-state index in [4.69, 9.17) is 9.47 Å². The van der Waals surface area contributed by atoms with Crippen LogP contribution in [-0.4, -0.2) is 25.2 Å². The maximum atomic E-state index is 12.1. The summed E-state index contributed by atoms with van der Waals surface area (Å²) >= 11 is 0. The van der Waals surface area contributed by atoms with Crippen LogP contribution >= 0.6 is 0 Å². The van der Waals surface area contributed by atoms with E-state index in [1.165, 1.54) is 0 Å². The smallest absolute Gasteiger partial charge is 0.334 e. The zero-order chi connectivity index (χ0) is 18.5. The molecule has 0 N–H and O–H groups in total. The first-order valence-corrected chi connectivity index (χ1v) is 9.42. The van der Waals surface area contributed by atoms with E-state index in [1.54, 1.807) is 13.8 Å². The van der Waals surface area contributed by atoms with Crippen LogP contribution in [0.4, 0.5) is 0 Å². The normalized spacial score (nSPS) is 14.6. The average molecular weight is 341 g/mol. The summed E-state index contributed by atoms with van der Waals surface area (Å²) in [5.41, 5.74) is 0.685. The molecule has 0 rings (SSSR count). The largest absolute Gasteiger partial charge is 0.462 e. The lowest BCUT2D eigenvalue weighted by atomic mass is 10.0. The first-order valence-electron chi connectivity index (χ1n) is 9.42. The molecule has 0 heterocycles. The number of ether oxygens (including phenoxy) is 2. The van der Waals surface area contributed by atoms with Crippen LogP contribution in [0.5, 0.6) is 0 Å². The Hall–Kier alpha value is -1.32. The molecule has 2 unspecified atom stereocenters. The topological polar surface area (TPSA) is 52.6 Å². The average Bonchev–Trinajstić information content (AvgIpc) is 2.59. The van der Waals surface area contributed by atoms with Gasteiger partial charge in [-0.1, -0.05) is 53.4 Å². The quantitative estimate of drug-likeness (QED) is 0.368. The molecule has 0 bridgehead atoms. The number of rotatable bonds is 12. The summed E-state index contributed by atoms with van der Waals surface area (Å²) in [5.74, 6) is -0.0593. The molecule has 0 aromatic heterocycles. The Morgan fingerprint density at radius 1 is 0.708 bits per heavy atom. The maximum Gasteiger partial charge on any atom is 0.334 e. The molecule has 0 aliphatic carbocycles. The van der Waals surface area contributed by atoms with Gasteiger partial charge in [0.2, 0.25) is 0 Å². The van der Waals surface area contributed by atoms with Gasteiger partial charge in [0, 0.05) is 11.1 Å². The van der Waals surface area contributed by atoms with Gasteiger partial charge in [-0.25, -0.2) is 9.59 Å². The Labute approximate surface area is 148 Å². The number of esters is 2. The second kappa shape index (κ2) is 13.0. The fourth-order valence-electron chi connectivity index (χ4n) is 2.54. The molecule has 0 radical (unpaired) electrons. The van der Waals surface area contributed by atoms with Crippen molar-refractivity contribution in [1.29, 1.82) is 0 Å². The minimum atomic E-state index is -0.417. The van der Waals surface area contributed by atoms with Gasteiger partial charge in [-0.2, -0.15) is 0 Å². The molecule has 4 heteroatoms. The SMILES string of the molecule is CCCC(CC)COC(=O)/C(C)=C(/C)C(=O)OCC(CC)CCC. The molecule has 0 saturated heterocycles. The predicted octanol–water partition coefficient (Wildman–Crippen LogP) is 5.06. The van der Waals surface area contributed by atoms with Crippen LogP contribution in [0.25, 0.3) is 0 Å². The van der Waals surface area contributed by atoms with Gasteiger partial charge in [-0.3, -0.25) is 0 Å². The van der Waals surface area contributed by atoms with Crippen molar-refractivity contribution in [2.24, 2.45) is 11.8 Å². The van der Waals surface area contributed by atoms with Crippen LogP contribution in [0.1, 0.15) is 80.1 Å². The third-order valence-corrected chi connectivity index (χ3v) is 4.62. The van der Waals surface area contributed by atoms with Crippen LogP contribution in [0.15, 0.2) is 11.1 Å². The first-order chi connectivity index (χ1) is 11.4. The molecule has 0 aliphatic rings. The van der Waals surface area contributed by atoms with E-state index in [0.29, 0.717) is 36.2 Å². The van der Waals surface area contributed by atoms with Gasteiger partial charge in [0.05, 0.1) is 13.2 Å². The molecule has 2 atom stereocenters. The Morgan fingerprint density at radius 3 is 1.29 bits per heavy atom. The van der Waals surface area contributed by atoms with Crippen molar-refractivity contribution in [1.82, 2.24) is 0 Å². The number of carbonyl (C=O) groups excluding carboxylic acids is 2. The summed E-state index contributed by atoms with van der Waals surface area (Å²) in [6.07, 6.45) is 6.22. The summed E-state index contributed by atoms with van der Waals surface area (Å²) in [5, 5.41) is 0. The third kappa shape index (κ3) is 8.51. The van der Waals surface area contributed by atoms with Gasteiger partial charge in [0.25, 0.3) is 0 Å². The Balaban J connectivity index is 4.57. The molecule has 0 aromatic carbocycles. The highest BCUT2D eigenvalue weighted by atomic mass is 16.5. The number of hydrogen-bond donors (Lipinski definition) is 0. The van der Waals surface area contributed by atoms with E-state index in [-0.39, 0.29) is 0 Å². The fraction of sp³-hybridized carbons (Fsp3) is 0.800. The predicted molar refractivity (Wildman–Crippen MR) is 97.7 cm³/mol. The van der Waals surface area contributed by atoms with Crippen molar-refractivity contribution in [3.8, 4) is 0 Å². The van der Waals surface area contributed by atoms with E-state index in [0.717, 1.165) is 38.5 Å². The number of hydrogen-bond acceptors (Lipinski definition) is 4. The van der Waals surface area contributed by atoms with Gasteiger partial charge in [0.15, 0.2) is 0 Å². The van der Waals surface area contributed by atoms with Gasteiger partial charge in [-0.15, -0.1) is 0 Å². The summed E-state index contributed by atoms with van der Waals surface area (Å²) in [6.45, 7) is 12.5. The van der Waals surface area contributed by atoms with E-state index >= 15 is 0 Å². The summed E-state index contributed by atoms with van der Waals surface area (Å²) in [7, 11) is 0. The summed E-state index contributed by atoms with van der Waals surface area (Å²) in [6, 6.07) is 0. The van der Waals surface area contributed by atoms with Crippen LogP contribution in [0.2, 0.25) is 0 Å². The zero-order valence-corrected chi connectivity index (χ0v) is 16.4. The van der Waals surface area contributed by atoms with Crippen LogP contribution < -0.4 is 0 Å². The van der Waals surface area contributed by atoms with Crippen molar-refractivity contribution in [3.63, 3.8) is 0 Å². The Morgan fingerprint density at radius 2 is 1.04 bits per heavy atom. The Bertz CT molecular complexity index is 374. The van der Waals surface area contributed by atoms with Crippen molar-refractivity contribution < 1.29 is 19.1 Å². The lowest BCUT2D eigenvalue weighted by molar-refractivity contribution is -0.143.